The smallest absolute Gasteiger partial charge is 0.229 e. The molecule has 53 heavy (non-hydrogen) atoms. The molecule has 284 valence electrons. The SMILES string of the molecule is COc1ccc(O[C@H]2O[C@H](C=O)[C@@H](OCc3ccc(OC)c(OC)c3)[C@H](OCc3ccc(OC)c(OC)c3)[C@@H]2OCc2ccc(OC)c(OC)c2)cc1. The second-order valence-corrected chi connectivity index (χ2v) is 11.8. The summed E-state index contributed by atoms with van der Waals surface area (Å²) in [6.45, 7) is 0.279. The first-order valence-corrected chi connectivity index (χ1v) is 16.8. The number of carbonyl (C=O) groups is 1. The van der Waals surface area contributed by atoms with Gasteiger partial charge in [-0.25, -0.2) is 0 Å². The molecule has 0 bridgehead atoms. The van der Waals surface area contributed by atoms with Crippen molar-refractivity contribution in [1.29, 1.82) is 0 Å². The quantitative estimate of drug-likeness (QED) is 0.108. The molecule has 1 aliphatic heterocycles. The third-order valence-corrected chi connectivity index (χ3v) is 8.65. The lowest BCUT2D eigenvalue weighted by atomic mass is 9.98. The number of rotatable bonds is 19. The van der Waals surface area contributed by atoms with Crippen LogP contribution in [-0.4, -0.2) is 86.8 Å². The molecule has 0 N–H and O–H groups in total. The molecular formula is C40H46O13. The third-order valence-electron chi connectivity index (χ3n) is 8.65. The van der Waals surface area contributed by atoms with Crippen molar-refractivity contribution in [2.24, 2.45) is 0 Å². The van der Waals surface area contributed by atoms with Crippen molar-refractivity contribution in [3.8, 4) is 46.0 Å². The first kappa shape index (κ1) is 39.0. The number of benzene rings is 4. The van der Waals surface area contributed by atoms with Gasteiger partial charge in [-0.15, -0.1) is 0 Å². The molecule has 0 unspecified atom stereocenters. The van der Waals surface area contributed by atoms with Crippen molar-refractivity contribution in [3.05, 3.63) is 95.6 Å². The van der Waals surface area contributed by atoms with E-state index in [0.717, 1.165) is 16.7 Å². The molecule has 5 rings (SSSR count). The molecule has 1 heterocycles. The fourth-order valence-electron chi connectivity index (χ4n) is 5.87. The molecule has 1 saturated heterocycles. The van der Waals surface area contributed by atoms with Crippen LogP contribution >= 0.6 is 0 Å². The Kier molecular flexibility index (Phi) is 14.0. The van der Waals surface area contributed by atoms with E-state index in [9.17, 15) is 4.79 Å². The standard InChI is InChI=1S/C40H46O13/c1-42-28-11-13-29(14-12-28)52-40-39(51-24-27-10-17-32(45-4)35(20-27)48-7)38(50-23-26-9-16-31(44-3)34(19-26)47-6)37(36(21-41)53-40)49-22-25-8-15-30(43-2)33(18-25)46-5/h8-21,36-40H,22-24H2,1-7H3/t36-,37-,38+,39+,40+/m1/s1. The molecule has 0 spiro atoms. The molecule has 1 fully saturated rings. The van der Waals surface area contributed by atoms with Gasteiger partial charge in [0, 0.05) is 0 Å². The van der Waals surface area contributed by atoms with Crippen LogP contribution in [0.1, 0.15) is 16.7 Å². The van der Waals surface area contributed by atoms with Crippen molar-refractivity contribution in [3.63, 3.8) is 0 Å². The van der Waals surface area contributed by atoms with Crippen LogP contribution in [0.4, 0.5) is 0 Å². The highest BCUT2D eigenvalue weighted by molar-refractivity contribution is 5.58. The van der Waals surface area contributed by atoms with Crippen LogP contribution < -0.4 is 37.9 Å². The average Bonchev–Trinajstić information content (AvgIpc) is 3.21. The van der Waals surface area contributed by atoms with Gasteiger partial charge in [-0.1, -0.05) is 18.2 Å². The van der Waals surface area contributed by atoms with E-state index in [2.05, 4.69) is 0 Å². The minimum absolute atomic E-state index is 0.0847. The molecule has 0 amide bonds. The lowest BCUT2D eigenvalue weighted by Gasteiger charge is -2.44. The van der Waals surface area contributed by atoms with Crippen LogP contribution in [-0.2, 0) is 43.6 Å². The van der Waals surface area contributed by atoms with E-state index in [1.165, 1.54) is 0 Å². The molecule has 4 aromatic rings. The molecule has 0 radical (unpaired) electrons. The Balaban J connectivity index is 1.51. The highest BCUT2D eigenvalue weighted by Crippen LogP contribution is 2.35. The van der Waals surface area contributed by atoms with E-state index >= 15 is 0 Å². The minimum Gasteiger partial charge on any atom is -0.497 e. The molecule has 4 aromatic carbocycles. The fourth-order valence-corrected chi connectivity index (χ4v) is 5.87. The lowest BCUT2D eigenvalue weighted by Crippen LogP contribution is -2.62. The summed E-state index contributed by atoms with van der Waals surface area (Å²) in [5.41, 5.74) is 2.33. The minimum atomic E-state index is -1.10. The summed E-state index contributed by atoms with van der Waals surface area (Å²) in [7, 11) is 11.0. The summed E-state index contributed by atoms with van der Waals surface area (Å²) in [5.74, 6) is 4.44. The topological polar surface area (TPSA) is 128 Å². The predicted molar refractivity (Wildman–Crippen MR) is 193 cm³/mol. The van der Waals surface area contributed by atoms with Gasteiger partial charge in [0.15, 0.2) is 40.8 Å². The van der Waals surface area contributed by atoms with Crippen molar-refractivity contribution >= 4 is 6.29 Å². The molecular weight excluding hydrogens is 688 g/mol. The van der Waals surface area contributed by atoms with Crippen LogP contribution in [0.5, 0.6) is 46.0 Å². The molecule has 0 aromatic heterocycles. The highest BCUT2D eigenvalue weighted by atomic mass is 16.7. The van der Waals surface area contributed by atoms with Gasteiger partial charge >= 0.3 is 0 Å². The van der Waals surface area contributed by atoms with E-state index < -0.39 is 30.7 Å². The largest absolute Gasteiger partial charge is 0.497 e. The zero-order valence-electron chi connectivity index (χ0n) is 30.9. The second-order valence-electron chi connectivity index (χ2n) is 11.8. The number of hydrogen-bond acceptors (Lipinski definition) is 13. The highest BCUT2D eigenvalue weighted by Gasteiger charge is 2.49. The van der Waals surface area contributed by atoms with E-state index in [4.69, 9.17) is 56.8 Å². The van der Waals surface area contributed by atoms with Gasteiger partial charge in [0.1, 0.15) is 35.9 Å². The maximum absolute atomic E-state index is 12.8. The summed E-state index contributed by atoms with van der Waals surface area (Å²) in [5, 5.41) is 0. The number of carbonyl (C=O) groups excluding carboxylic acids is 1. The molecule has 13 heteroatoms. The Labute approximate surface area is 309 Å². The monoisotopic (exact) mass is 734 g/mol. The van der Waals surface area contributed by atoms with Gasteiger partial charge in [0.2, 0.25) is 6.29 Å². The van der Waals surface area contributed by atoms with Gasteiger partial charge in [0.25, 0.3) is 0 Å². The zero-order valence-corrected chi connectivity index (χ0v) is 30.9. The second kappa shape index (κ2) is 19.0. The summed E-state index contributed by atoms with van der Waals surface area (Å²) in [6, 6.07) is 23.4. The van der Waals surface area contributed by atoms with Gasteiger partial charge in [-0.05, 0) is 77.4 Å². The van der Waals surface area contributed by atoms with Crippen LogP contribution in [0.15, 0.2) is 78.9 Å². The third kappa shape index (κ3) is 9.62. The Bertz CT molecular complexity index is 1760. The summed E-state index contributed by atoms with van der Waals surface area (Å²) in [4.78, 5) is 12.8. The van der Waals surface area contributed by atoms with Gasteiger partial charge < -0.3 is 61.6 Å². The number of hydrogen-bond donors (Lipinski definition) is 0. The first-order chi connectivity index (χ1) is 25.9. The van der Waals surface area contributed by atoms with E-state index in [1.807, 2.05) is 30.3 Å². The Hall–Kier alpha value is -5.21. The average molecular weight is 735 g/mol. The van der Waals surface area contributed by atoms with Crippen molar-refractivity contribution in [2.45, 2.75) is 50.5 Å². The molecule has 5 atom stereocenters. The van der Waals surface area contributed by atoms with Crippen molar-refractivity contribution in [2.75, 3.05) is 49.8 Å². The molecule has 0 saturated carbocycles. The number of aldehydes is 1. The zero-order chi connectivity index (χ0) is 37.7. The maximum atomic E-state index is 12.8. The van der Waals surface area contributed by atoms with Gasteiger partial charge in [-0.3, -0.25) is 0 Å². The first-order valence-electron chi connectivity index (χ1n) is 16.8. The summed E-state index contributed by atoms with van der Waals surface area (Å²) < 4.78 is 70.6. The Morgan fingerprint density at radius 3 is 1.26 bits per heavy atom. The summed E-state index contributed by atoms with van der Waals surface area (Å²) >= 11 is 0. The number of methoxy groups -OCH3 is 7. The van der Waals surface area contributed by atoms with E-state index in [-0.39, 0.29) is 19.8 Å². The van der Waals surface area contributed by atoms with Gasteiger partial charge in [-0.2, -0.15) is 0 Å². The van der Waals surface area contributed by atoms with E-state index in [0.29, 0.717) is 52.3 Å². The van der Waals surface area contributed by atoms with Gasteiger partial charge in [0.05, 0.1) is 69.6 Å². The summed E-state index contributed by atoms with van der Waals surface area (Å²) in [6.07, 6.45) is -4.27. The van der Waals surface area contributed by atoms with E-state index in [1.54, 1.807) is 98.3 Å². The maximum Gasteiger partial charge on any atom is 0.229 e. The van der Waals surface area contributed by atoms with Crippen molar-refractivity contribution < 1.29 is 61.6 Å². The van der Waals surface area contributed by atoms with Crippen LogP contribution in [0.3, 0.4) is 0 Å². The molecule has 0 aliphatic carbocycles. The van der Waals surface area contributed by atoms with Crippen molar-refractivity contribution in [1.82, 2.24) is 0 Å². The van der Waals surface area contributed by atoms with Crippen LogP contribution in [0.25, 0.3) is 0 Å². The molecule has 1 aliphatic rings. The Morgan fingerprint density at radius 1 is 0.472 bits per heavy atom. The molecule has 13 nitrogen and oxygen atoms in total. The Morgan fingerprint density at radius 2 is 0.868 bits per heavy atom. The van der Waals surface area contributed by atoms with Crippen LogP contribution in [0.2, 0.25) is 0 Å². The number of ether oxygens (including phenoxy) is 12. The predicted octanol–water partition coefficient (Wildman–Crippen LogP) is 5.81. The lowest BCUT2D eigenvalue weighted by molar-refractivity contribution is -0.295. The fraction of sp³-hybridized carbons (Fsp3) is 0.375. The van der Waals surface area contributed by atoms with Crippen LogP contribution in [0, 0.1) is 0 Å². The normalized spacial score (nSPS) is 19.5.